The number of para-hydroxylation sites is 2. The summed E-state index contributed by atoms with van der Waals surface area (Å²) < 4.78 is 2.29. The number of aryl methyl sites for hydroxylation is 1. The molecule has 0 fully saturated rings. The number of benzene rings is 1. The minimum absolute atomic E-state index is 0.366. The van der Waals surface area contributed by atoms with E-state index in [9.17, 15) is 0 Å². The van der Waals surface area contributed by atoms with Gasteiger partial charge in [-0.1, -0.05) is 12.1 Å². The number of aromatic nitrogens is 2. The summed E-state index contributed by atoms with van der Waals surface area (Å²) in [5, 5.41) is 0.842. The van der Waals surface area contributed by atoms with E-state index >= 15 is 0 Å². The van der Waals surface area contributed by atoms with Gasteiger partial charge < -0.3 is 10.3 Å². The standard InChI is InChI=1S/C15H17N3S/c1-9(2)18-12-7-5-4-6-11(12)17-15(18)14-10(3)8-13(16)19-14/h4-9H,16H2,1-3H3. The van der Waals surface area contributed by atoms with Gasteiger partial charge in [0.25, 0.3) is 0 Å². The first-order chi connectivity index (χ1) is 9.08. The molecular weight excluding hydrogens is 254 g/mol. The Kier molecular flexibility index (Phi) is 2.82. The van der Waals surface area contributed by atoms with Crippen LogP contribution in [0.5, 0.6) is 0 Å². The Morgan fingerprint density at radius 1 is 1.26 bits per heavy atom. The van der Waals surface area contributed by atoms with Crippen molar-refractivity contribution in [3.8, 4) is 10.7 Å². The zero-order valence-electron chi connectivity index (χ0n) is 11.3. The van der Waals surface area contributed by atoms with E-state index in [1.165, 1.54) is 16.0 Å². The molecule has 0 aliphatic carbocycles. The predicted molar refractivity (Wildman–Crippen MR) is 82.6 cm³/mol. The smallest absolute Gasteiger partial charge is 0.151 e. The Morgan fingerprint density at radius 2 is 2.00 bits per heavy atom. The maximum Gasteiger partial charge on any atom is 0.151 e. The zero-order chi connectivity index (χ0) is 13.6. The highest BCUT2D eigenvalue weighted by molar-refractivity contribution is 7.19. The van der Waals surface area contributed by atoms with Crippen molar-refractivity contribution in [3.05, 3.63) is 35.9 Å². The van der Waals surface area contributed by atoms with E-state index in [1.54, 1.807) is 11.3 Å². The normalized spacial score (nSPS) is 11.6. The summed E-state index contributed by atoms with van der Waals surface area (Å²) in [6.07, 6.45) is 0. The fourth-order valence-corrected chi connectivity index (χ4v) is 3.38. The first-order valence-electron chi connectivity index (χ1n) is 6.41. The molecule has 0 unspecified atom stereocenters. The van der Waals surface area contributed by atoms with Crippen molar-refractivity contribution in [1.29, 1.82) is 0 Å². The lowest BCUT2D eigenvalue weighted by Crippen LogP contribution is -2.02. The molecule has 0 aliphatic rings. The summed E-state index contributed by atoms with van der Waals surface area (Å²) in [4.78, 5) is 5.97. The second-order valence-electron chi connectivity index (χ2n) is 5.05. The van der Waals surface area contributed by atoms with Crippen LogP contribution < -0.4 is 5.73 Å². The van der Waals surface area contributed by atoms with Gasteiger partial charge in [0.1, 0.15) is 0 Å². The average molecular weight is 271 g/mol. The van der Waals surface area contributed by atoms with Crippen LogP contribution in [0.25, 0.3) is 21.7 Å². The molecule has 0 aliphatic heterocycles. The first-order valence-corrected chi connectivity index (χ1v) is 7.23. The van der Waals surface area contributed by atoms with E-state index in [0.29, 0.717) is 6.04 Å². The maximum absolute atomic E-state index is 5.92. The monoisotopic (exact) mass is 271 g/mol. The third-order valence-electron chi connectivity index (χ3n) is 3.25. The van der Waals surface area contributed by atoms with Crippen molar-refractivity contribution >= 4 is 27.4 Å². The van der Waals surface area contributed by atoms with Crippen molar-refractivity contribution in [1.82, 2.24) is 9.55 Å². The quantitative estimate of drug-likeness (QED) is 0.757. The van der Waals surface area contributed by atoms with Gasteiger partial charge in [-0.05, 0) is 44.5 Å². The lowest BCUT2D eigenvalue weighted by atomic mass is 10.2. The van der Waals surface area contributed by atoms with Crippen LogP contribution >= 0.6 is 11.3 Å². The number of imidazole rings is 1. The van der Waals surface area contributed by atoms with Crippen LogP contribution in [0.4, 0.5) is 5.00 Å². The fraction of sp³-hybridized carbons (Fsp3) is 0.267. The summed E-state index contributed by atoms with van der Waals surface area (Å²) in [5.74, 6) is 1.02. The molecule has 0 atom stereocenters. The van der Waals surface area contributed by atoms with Crippen LogP contribution in [0.3, 0.4) is 0 Å². The van der Waals surface area contributed by atoms with Crippen molar-refractivity contribution in [3.63, 3.8) is 0 Å². The second kappa shape index (κ2) is 4.38. The summed E-state index contributed by atoms with van der Waals surface area (Å²) in [6, 6.07) is 10.7. The third kappa shape index (κ3) is 1.92. The minimum atomic E-state index is 0.366. The van der Waals surface area contributed by atoms with Crippen molar-refractivity contribution < 1.29 is 0 Å². The topological polar surface area (TPSA) is 43.8 Å². The van der Waals surface area contributed by atoms with Crippen molar-refractivity contribution in [2.75, 3.05) is 5.73 Å². The lowest BCUT2D eigenvalue weighted by molar-refractivity contribution is 0.625. The molecule has 4 heteroatoms. The summed E-state index contributed by atoms with van der Waals surface area (Å²) >= 11 is 1.61. The Hall–Kier alpha value is -1.81. The van der Waals surface area contributed by atoms with Crippen molar-refractivity contribution in [2.45, 2.75) is 26.8 Å². The van der Waals surface area contributed by atoms with Gasteiger partial charge in [-0.25, -0.2) is 4.98 Å². The number of rotatable bonds is 2. The number of thiophene rings is 1. The van der Waals surface area contributed by atoms with Gasteiger partial charge >= 0.3 is 0 Å². The summed E-state index contributed by atoms with van der Waals surface area (Å²) in [6.45, 7) is 6.46. The summed E-state index contributed by atoms with van der Waals surface area (Å²) in [5.41, 5.74) is 9.33. The first kappa shape index (κ1) is 12.2. The minimum Gasteiger partial charge on any atom is -0.391 e. The molecule has 3 nitrogen and oxygen atoms in total. The van der Waals surface area contributed by atoms with Crippen LogP contribution in [0.15, 0.2) is 30.3 Å². The number of nitrogens with zero attached hydrogens (tertiary/aromatic N) is 2. The fourth-order valence-electron chi connectivity index (χ4n) is 2.46. The zero-order valence-corrected chi connectivity index (χ0v) is 12.2. The number of nitrogen functional groups attached to an aromatic ring is 1. The Morgan fingerprint density at radius 3 is 2.63 bits per heavy atom. The van der Waals surface area contributed by atoms with E-state index in [4.69, 9.17) is 10.7 Å². The predicted octanol–water partition coefficient (Wildman–Crippen LogP) is 4.24. The summed E-state index contributed by atoms with van der Waals surface area (Å²) in [7, 11) is 0. The number of nitrogens with two attached hydrogens (primary N) is 1. The molecule has 3 aromatic rings. The Labute approximate surface area is 116 Å². The molecule has 0 bridgehead atoms. The van der Waals surface area contributed by atoms with E-state index in [2.05, 4.69) is 43.5 Å². The molecule has 3 rings (SSSR count). The highest BCUT2D eigenvalue weighted by atomic mass is 32.1. The largest absolute Gasteiger partial charge is 0.391 e. The molecule has 0 spiro atoms. The maximum atomic E-state index is 5.92. The Bertz CT molecular complexity index is 737. The van der Waals surface area contributed by atoms with E-state index in [1.807, 2.05) is 12.1 Å². The van der Waals surface area contributed by atoms with Crippen LogP contribution in [0.1, 0.15) is 25.5 Å². The molecule has 98 valence electrons. The van der Waals surface area contributed by atoms with Crippen LogP contribution in [0, 0.1) is 6.92 Å². The highest BCUT2D eigenvalue weighted by Crippen LogP contribution is 2.36. The van der Waals surface area contributed by atoms with Gasteiger partial charge in [-0.3, -0.25) is 0 Å². The molecular formula is C15H17N3S. The number of anilines is 1. The SMILES string of the molecule is Cc1cc(N)sc1-c1nc2ccccc2n1C(C)C. The van der Waals surface area contributed by atoms with Gasteiger partial charge in [0.2, 0.25) is 0 Å². The molecule has 2 aromatic heterocycles. The van der Waals surface area contributed by atoms with E-state index in [0.717, 1.165) is 16.3 Å². The number of hydrogen-bond donors (Lipinski definition) is 1. The van der Waals surface area contributed by atoms with Crippen LogP contribution in [0.2, 0.25) is 0 Å². The van der Waals surface area contributed by atoms with Gasteiger partial charge in [-0.15, -0.1) is 11.3 Å². The third-order valence-corrected chi connectivity index (χ3v) is 4.31. The van der Waals surface area contributed by atoms with Crippen molar-refractivity contribution in [2.24, 2.45) is 0 Å². The molecule has 2 N–H and O–H groups in total. The highest BCUT2D eigenvalue weighted by Gasteiger charge is 2.17. The van der Waals surface area contributed by atoms with Crippen LogP contribution in [-0.2, 0) is 0 Å². The number of fused-ring (bicyclic) bond motifs is 1. The second-order valence-corrected chi connectivity index (χ2v) is 6.13. The average Bonchev–Trinajstić information content (AvgIpc) is 2.88. The van der Waals surface area contributed by atoms with Crippen LogP contribution in [-0.4, -0.2) is 9.55 Å². The molecule has 0 saturated carbocycles. The van der Waals surface area contributed by atoms with E-state index in [-0.39, 0.29) is 0 Å². The molecule has 0 amide bonds. The lowest BCUT2D eigenvalue weighted by Gasteiger charge is -2.12. The van der Waals surface area contributed by atoms with Gasteiger partial charge in [0.15, 0.2) is 5.82 Å². The van der Waals surface area contributed by atoms with Gasteiger partial charge in [0, 0.05) is 6.04 Å². The molecule has 0 radical (unpaired) electrons. The molecule has 19 heavy (non-hydrogen) atoms. The Balaban J connectivity index is 2.34. The number of hydrogen-bond acceptors (Lipinski definition) is 3. The van der Waals surface area contributed by atoms with Gasteiger partial charge in [0.05, 0.1) is 20.9 Å². The molecule has 0 saturated heterocycles. The van der Waals surface area contributed by atoms with Gasteiger partial charge in [-0.2, -0.15) is 0 Å². The van der Waals surface area contributed by atoms with E-state index < -0.39 is 0 Å². The molecule has 1 aromatic carbocycles. The molecule has 2 heterocycles.